The molecule has 0 aromatic carbocycles. The molecule has 100 valence electrons. The summed E-state index contributed by atoms with van der Waals surface area (Å²) >= 11 is 6.14. The summed E-state index contributed by atoms with van der Waals surface area (Å²) in [6, 6.07) is 0. The Kier molecular flexibility index (Phi) is 3.33. The van der Waals surface area contributed by atoms with E-state index < -0.39 is 0 Å². The average molecular weight is 280 g/mol. The van der Waals surface area contributed by atoms with Crippen LogP contribution in [0.1, 0.15) is 36.0 Å². The summed E-state index contributed by atoms with van der Waals surface area (Å²) < 4.78 is 4.94. The van der Waals surface area contributed by atoms with Crippen LogP contribution >= 0.6 is 11.6 Å². The van der Waals surface area contributed by atoms with Gasteiger partial charge in [0, 0.05) is 24.4 Å². The molecule has 1 N–H and O–H groups in total. The molecule has 19 heavy (non-hydrogen) atoms. The van der Waals surface area contributed by atoms with Crippen molar-refractivity contribution in [2.45, 2.75) is 32.1 Å². The van der Waals surface area contributed by atoms with Gasteiger partial charge in [0.05, 0.1) is 0 Å². The molecule has 0 radical (unpaired) electrons. The van der Waals surface area contributed by atoms with Crippen molar-refractivity contribution in [3.63, 3.8) is 0 Å². The Morgan fingerprint density at radius 3 is 2.95 bits per heavy atom. The minimum absolute atomic E-state index is 0.481. The molecule has 0 unspecified atom stereocenters. The maximum atomic E-state index is 6.14. The van der Waals surface area contributed by atoms with E-state index in [2.05, 4.69) is 25.4 Å². The molecule has 1 aliphatic carbocycles. The van der Waals surface area contributed by atoms with Gasteiger partial charge in [0.15, 0.2) is 6.33 Å². The number of nitrogens with zero attached hydrogens (tertiary/aromatic N) is 4. The monoisotopic (exact) mass is 279 g/mol. The van der Waals surface area contributed by atoms with Gasteiger partial charge in [-0.1, -0.05) is 16.8 Å². The van der Waals surface area contributed by atoms with E-state index in [0.717, 1.165) is 30.0 Å². The van der Waals surface area contributed by atoms with Gasteiger partial charge in [-0.25, -0.2) is 9.97 Å². The molecule has 1 aliphatic rings. The number of hydrogen-bond acceptors (Lipinski definition) is 6. The van der Waals surface area contributed by atoms with Crippen LogP contribution < -0.4 is 5.32 Å². The third-order valence-corrected chi connectivity index (χ3v) is 3.45. The van der Waals surface area contributed by atoms with Crippen molar-refractivity contribution >= 4 is 17.4 Å². The highest BCUT2D eigenvalue weighted by Crippen LogP contribution is 2.39. The van der Waals surface area contributed by atoms with Gasteiger partial charge in [0.25, 0.3) is 0 Å². The van der Waals surface area contributed by atoms with Crippen LogP contribution in [-0.2, 0) is 6.42 Å². The molecule has 3 rings (SSSR count). The topological polar surface area (TPSA) is 76.7 Å². The van der Waals surface area contributed by atoms with Crippen molar-refractivity contribution in [3.8, 4) is 0 Å². The summed E-state index contributed by atoms with van der Waals surface area (Å²) in [6.07, 6.45) is 4.36. The Morgan fingerprint density at radius 2 is 2.26 bits per heavy atom. The second kappa shape index (κ2) is 5.13. The molecule has 0 aliphatic heterocycles. The van der Waals surface area contributed by atoms with Crippen molar-refractivity contribution in [2.75, 3.05) is 11.9 Å². The minimum atomic E-state index is 0.481. The van der Waals surface area contributed by atoms with Gasteiger partial charge in [-0.2, -0.15) is 4.98 Å². The summed E-state index contributed by atoms with van der Waals surface area (Å²) in [5.74, 6) is 2.72. The fourth-order valence-electron chi connectivity index (χ4n) is 1.80. The first-order valence-corrected chi connectivity index (χ1v) is 6.65. The normalized spacial score (nSPS) is 14.6. The molecule has 2 aromatic heterocycles. The molecular formula is C12H14ClN5O. The van der Waals surface area contributed by atoms with Gasteiger partial charge in [0.1, 0.15) is 16.8 Å². The standard InChI is InChI=1S/C12H14ClN5O/c1-7-10(13)17-12(8-2-3-8)18-11(7)14-5-4-9-15-6-16-19-9/h6,8H,2-5H2,1H3,(H,14,17,18). The lowest BCUT2D eigenvalue weighted by Gasteiger charge is -2.10. The molecule has 1 fully saturated rings. The highest BCUT2D eigenvalue weighted by atomic mass is 35.5. The van der Waals surface area contributed by atoms with Crippen LogP contribution in [0.15, 0.2) is 10.9 Å². The predicted molar refractivity (Wildman–Crippen MR) is 70.2 cm³/mol. The molecule has 0 atom stereocenters. The molecule has 1 saturated carbocycles. The van der Waals surface area contributed by atoms with E-state index >= 15 is 0 Å². The summed E-state index contributed by atoms with van der Waals surface area (Å²) in [7, 11) is 0. The molecule has 0 amide bonds. The Morgan fingerprint density at radius 1 is 1.42 bits per heavy atom. The molecule has 0 saturated heterocycles. The number of halogens is 1. The summed E-state index contributed by atoms with van der Waals surface area (Å²) in [4.78, 5) is 12.8. The van der Waals surface area contributed by atoms with Gasteiger partial charge < -0.3 is 9.84 Å². The zero-order chi connectivity index (χ0) is 13.2. The highest BCUT2D eigenvalue weighted by Gasteiger charge is 2.27. The maximum absolute atomic E-state index is 6.14. The first-order chi connectivity index (χ1) is 9.24. The van der Waals surface area contributed by atoms with Gasteiger partial charge in [0.2, 0.25) is 5.89 Å². The molecular weight excluding hydrogens is 266 g/mol. The van der Waals surface area contributed by atoms with E-state index in [0.29, 0.717) is 29.9 Å². The van der Waals surface area contributed by atoms with Gasteiger partial charge in [-0.15, -0.1) is 0 Å². The largest absolute Gasteiger partial charge is 0.369 e. The van der Waals surface area contributed by atoms with Crippen LogP contribution in [0.25, 0.3) is 0 Å². The lowest BCUT2D eigenvalue weighted by atomic mass is 10.3. The second-order valence-corrected chi connectivity index (χ2v) is 4.99. The quantitative estimate of drug-likeness (QED) is 0.847. The molecule has 6 nitrogen and oxygen atoms in total. The van der Waals surface area contributed by atoms with Crippen LogP contribution in [0.4, 0.5) is 5.82 Å². The van der Waals surface area contributed by atoms with E-state index in [9.17, 15) is 0 Å². The Bertz CT molecular complexity index is 568. The highest BCUT2D eigenvalue weighted by molar-refractivity contribution is 6.30. The smallest absolute Gasteiger partial charge is 0.228 e. The molecule has 0 bridgehead atoms. The van der Waals surface area contributed by atoms with Gasteiger partial charge >= 0.3 is 0 Å². The molecule has 7 heteroatoms. The van der Waals surface area contributed by atoms with Gasteiger partial charge in [-0.3, -0.25) is 0 Å². The Hall–Kier alpha value is -1.69. The van der Waals surface area contributed by atoms with E-state index in [1.165, 1.54) is 6.33 Å². The van der Waals surface area contributed by atoms with Crippen LogP contribution in [0, 0.1) is 6.92 Å². The van der Waals surface area contributed by atoms with E-state index in [1.807, 2.05) is 6.92 Å². The molecule has 2 aromatic rings. The van der Waals surface area contributed by atoms with Crippen LogP contribution in [0.2, 0.25) is 5.15 Å². The summed E-state index contributed by atoms with van der Waals surface area (Å²) in [5.41, 5.74) is 0.872. The van der Waals surface area contributed by atoms with Crippen LogP contribution in [-0.4, -0.2) is 26.7 Å². The van der Waals surface area contributed by atoms with Crippen molar-refractivity contribution in [2.24, 2.45) is 0 Å². The first kappa shape index (κ1) is 12.3. The van der Waals surface area contributed by atoms with E-state index in [-0.39, 0.29) is 0 Å². The Balaban J connectivity index is 1.69. The second-order valence-electron chi connectivity index (χ2n) is 4.63. The van der Waals surface area contributed by atoms with Crippen molar-refractivity contribution in [1.82, 2.24) is 20.1 Å². The zero-order valence-electron chi connectivity index (χ0n) is 10.6. The number of anilines is 1. The predicted octanol–water partition coefficient (Wildman–Crippen LogP) is 2.35. The summed E-state index contributed by atoms with van der Waals surface area (Å²) in [6.45, 7) is 2.58. The number of hydrogen-bond donors (Lipinski definition) is 1. The first-order valence-electron chi connectivity index (χ1n) is 6.27. The zero-order valence-corrected chi connectivity index (χ0v) is 11.3. The SMILES string of the molecule is Cc1c(Cl)nc(C2CC2)nc1NCCc1ncno1. The minimum Gasteiger partial charge on any atom is -0.369 e. The number of aromatic nitrogens is 4. The third kappa shape index (κ3) is 2.84. The summed E-state index contributed by atoms with van der Waals surface area (Å²) in [5, 5.41) is 7.34. The number of rotatable bonds is 5. The van der Waals surface area contributed by atoms with E-state index in [1.54, 1.807) is 0 Å². The molecule has 2 heterocycles. The van der Waals surface area contributed by atoms with E-state index in [4.69, 9.17) is 16.1 Å². The third-order valence-electron chi connectivity index (χ3n) is 3.08. The fraction of sp³-hybridized carbons (Fsp3) is 0.500. The Labute approximate surface area is 115 Å². The average Bonchev–Trinajstić information content (AvgIpc) is 3.12. The van der Waals surface area contributed by atoms with Crippen molar-refractivity contribution in [1.29, 1.82) is 0 Å². The molecule has 0 spiro atoms. The van der Waals surface area contributed by atoms with Crippen LogP contribution in [0.5, 0.6) is 0 Å². The fourth-order valence-corrected chi connectivity index (χ4v) is 1.97. The number of nitrogens with one attached hydrogen (secondary N) is 1. The van der Waals surface area contributed by atoms with Crippen LogP contribution in [0.3, 0.4) is 0 Å². The van der Waals surface area contributed by atoms with Gasteiger partial charge in [-0.05, 0) is 19.8 Å². The van der Waals surface area contributed by atoms with Crippen molar-refractivity contribution in [3.05, 3.63) is 28.8 Å². The lowest BCUT2D eigenvalue weighted by molar-refractivity contribution is 0.379. The maximum Gasteiger partial charge on any atom is 0.228 e. The lowest BCUT2D eigenvalue weighted by Crippen LogP contribution is -2.10. The van der Waals surface area contributed by atoms with Crippen molar-refractivity contribution < 1.29 is 4.52 Å².